The molecule has 0 bridgehead atoms. The van der Waals surface area contributed by atoms with Gasteiger partial charge in [0.05, 0.1) is 17.5 Å². The van der Waals surface area contributed by atoms with Crippen LogP contribution in [-0.2, 0) is 6.42 Å². The summed E-state index contributed by atoms with van der Waals surface area (Å²) in [5, 5.41) is 17.8. The summed E-state index contributed by atoms with van der Waals surface area (Å²) in [5.41, 5.74) is 7.04. The number of imidazole rings is 2. The molecule has 0 atom stereocenters. The van der Waals surface area contributed by atoms with Crippen molar-refractivity contribution in [2.75, 3.05) is 0 Å². The van der Waals surface area contributed by atoms with E-state index in [1.165, 1.54) is 22.9 Å². The maximum absolute atomic E-state index is 8.91. The number of hydrogen-bond acceptors (Lipinski definition) is 4. The number of rotatable bonds is 4. The Labute approximate surface area is 197 Å². The minimum Gasteiger partial charge on any atom is -0.422 e. The molecule has 0 unspecified atom stereocenters. The second-order valence-electron chi connectivity index (χ2n) is 7.92. The highest BCUT2D eigenvalue weighted by molar-refractivity contribution is 6.57. The smallest absolute Gasteiger partial charge is 0.422 e. The Balaban J connectivity index is 0.000000169. The van der Waals surface area contributed by atoms with Crippen molar-refractivity contribution < 1.29 is 10.0 Å². The van der Waals surface area contributed by atoms with Crippen LogP contribution in [0, 0.1) is 0 Å². The van der Waals surface area contributed by atoms with Crippen LogP contribution in [0.2, 0.25) is 0 Å². The Hall–Kier alpha value is -4.20. The molecule has 2 N–H and O–H groups in total. The lowest BCUT2D eigenvalue weighted by Crippen LogP contribution is -2.33. The van der Waals surface area contributed by atoms with Gasteiger partial charge in [0.25, 0.3) is 0 Å². The maximum Gasteiger partial charge on any atom is 0.508 e. The first-order valence-electron chi connectivity index (χ1n) is 11.0. The summed E-state index contributed by atoms with van der Waals surface area (Å²) in [6.07, 6.45) is 8.13. The fourth-order valence-corrected chi connectivity index (χ4v) is 3.96. The van der Waals surface area contributed by atoms with Gasteiger partial charge in [-0.25, -0.2) is 9.97 Å². The lowest BCUT2D eigenvalue weighted by Gasteiger charge is -2.06. The Morgan fingerprint density at radius 3 is 2.06 bits per heavy atom. The number of hydrogen-bond donors (Lipinski definition) is 2. The second-order valence-corrected chi connectivity index (χ2v) is 7.92. The SMILES string of the molecule is OB(O)c1cnc2ccccn12.c1ccc(Cc2cccc(-c3cnc4ccccn34)c2)cc1. The molecular weight excluding hydrogens is 423 g/mol. The van der Waals surface area contributed by atoms with Gasteiger partial charge in [0.2, 0.25) is 0 Å². The summed E-state index contributed by atoms with van der Waals surface area (Å²) in [6, 6.07) is 30.8. The van der Waals surface area contributed by atoms with Crippen LogP contribution in [0.15, 0.2) is 116 Å². The third kappa shape index (κ3) is 4.61. The Kier molecular flexibility index (Phi) is 6.20. The Morgan fingerprint density at radius 1 is 0.647 bits per heavy atom. The molecule has 4 aromatic heterocycles. The zero-order valence-electron chi connectivity index (χ0n) is 18.4. The van der Waals surface area contributed by atoms with Crippen LogP contribution in [0.1, 0.15) is 11.1 Å². The lowest BCUT2D eigenvalue weighted by atomic mass is 9.87. The number of aromatic nitrogens is 4. The van der Waals surface area contributed by atoms with Crippen LogP contribution in [0.25, 0.3) is 22.6 Å². The lowest BCUT2D eigenvalue weighted by molar-refractivity contribution is 0.424. The third-order valence-electron chi connectivity index (χ3n) is 5.60. The number of pyridine rings is 2. The van der Waals surface area contributed by atoms with E-state index in [4.69, 9.17) is 10.0 Å². The van der Waals surface area contributed by atoms with E-state index in [1.54, 1.807) is 22.7 Å². The molecular formula is C27H23BN4O2. The van der Waals surface area contributed by atoms with Crippen LogP contribution in [0.5, 0.6) is 0 Å². The van der Waals surface area contributed by atoms with Gasteiger partial charge in [0.1, 0.15) is 11.3 Å². The summed E-state index contributed by atoms with van der Waals surface area (Å²) in [5.74, 6) is 0. The molecule has 6 aromatic rings. The van der Waals surface area contributed by atoms with Crippen molar-refractivity contribution in [1.29, 1.82) is 0 Å². The number of benzene rings is 2. The molecule has 0 spiro atoms. The van der Waals surface area contributed by atoms with E-state index in [-0.39, 0.29) is 0 Å². The van der Waals surface area contributed by atoms with Crippen molar-refractivity contribution in [3.63, 3.8) is 0 Å². The van der Waals surface area contributed by atoms with Gasteiger partial charge in [-0.05, 0) is 47.9 Å². The van der Waals surface area contributed by atoms with Crippen LogP contribution >= 0.6 is 0 Å². The Morgan fingerprint density at radius 2 is 1.29 bits per heavy atom. The molecule has 0 amide bonds. The summed E-state index contributed by atoms with van der Waals surface area (Å²) in [4.78, 5) is 8.45. The van der Waals surface area contributed by atoms with Gasteiger partial charge in [-0.1, -0.05) is 60.7 Å². The molecule has 0 aliphatic heterocycles. The average molecular weight is 446 g/mol. The zero-order chi connectivity index (χ0) is 23.3. The molecule has 0 aliphatic carbocycles. The quantitative estimate of drug-likeness (QED) is 0.406. The van der Waals surface area contributed by atoms with Gasteiger partial charge in [0, 0.05) is 24.2 Å². The molecule has 34 heavy (non-hydrogen) atoms. The average Bonchev–Trinajstić information content (AvgIpc) is 3.50. The number of fused-ring (bicyclic) bond motifs is 2. The summed E-state index contributed by atoms with van der Waals surface area (Å²) in [6.45, 7) is 0. The minimum atomic E-state index is -1.47. The zero-order valence-corrected chi connectivity index (χ0v) is 18.4. The van der Waals surface area contributed by atoms with Crippen LogP contribution in [-0.4, -0.2) is 35.9 Å². The molecule has 166 valence electrons. The molecule has 6 rings (SSSR count). The molecule has 2 aromatic carbocycles. The molecule has 4 heterocycles. The summed E-state index contributed by atoms with van der Waals surface area (Å²) in [7, 11) is -1.47. The van der Waals surface area contributed by atoms with Crippen molar-refractivity contribution in [1.82, 2.24) is 18.8 Å². The van der Waals surface area contributed by atoms with Crippen molar-refractivity contribution in [2.24, 2.45) is 0 Å². The highest BCUT2D eigenvalue weighted by Gasteiger charge is 2.15. The van der Waals surface area contributed by atoms with E-state index < -0.39 is 7.12 Å². The highest BCUT2D eigenvalue weighted by Crippen LogP contribution is 2.22. The standard InChI is InChI=1S/C20H16N2.C7H7BN2O2/c1-2-7-16(8-3-1)13-17-9-6-10-18(14-17)19-15-21-20-11-4-5-12-22(19)20;11-8(12)6-5-9-7-3-1-2-4-10(6)7/h1-12,14-15H,13H2;1-5,11-12H. The fraction of sp³-hybridized carbons (Fsp3) is 0.0370. The number of nitrogens with zero attached hydrogens (tertiary/aromatic N) is 4. The van der Waals surface area contributed by atoms with E-state index in [1.807, 2.05) is 30.5 Å². The Bertz CT molecular complexity index is 1530. The molecule has 0 saturated carbocycles. The van der Waals surface area contributed by atoms with Crippen LogP contribution in [0.3, 0.4) is 0 Å². The van der Waals surface area contributed by atoms with E-state index >= 15 is 0 Å². The van der Waals surface area contributed by atoms with Gasteiger partial charge < -0.3 is 14.4 Å². The van der Waals surface area contributed by atoms with Crippen molar-refractivity contribution in [3.8, 4) is 11.3 Å². The first-order valence-corrected chi connectivity index (χ1v) is 11.0. The predicted molar refractivity (Wildman–Crippen MR) is 135 cm³/mol. The molecule has 6 nitrogen and oxygen atoms in total. The first kappa shape index (κ1) is 21.6. The van der Waals surface area contributed by atoms with E-state index in [9.17, 15) is 0 Å². The minimum absolute atomic E-state index is 0.380. The molecule has 0 fully saturated rings. The summed E-state index contributed by atoms with van der Waals surface area (Å²) < 4.78 is 3.76. The van der Waals surface area contributed by atoms with Crippen molar-refractivity contribution >= 4 is 24.0 Å². The molecule has 0 saturated heterocycles. The highest BCUT2D eigenvalue weighted by atomic mass is 16.4. The van der Waals surface area contributed by atoms with Gasteiger partial charge in [-0.15, -0.1) is 0 Å². The van der Waals surface area contributed by atoms with Gasteiger partial charge >= 0.3 is 7.12 Å². The van der Waals surface area contributed by atoms with Crippen molar-refractivity contribution in [2.45, 2.75) is 6.42 Å². The van der Waals surface area contributed by atoms with E-state index in [0.717, 1.165) is 17.8 Å². The normalized spacial score (nSPS) is 10.8. The van der Waals surface area contributed by atoms with Crippen LogP contribution in [0.4, 0.5) is 0 Å². The van der Waals surface area contributed by atoms with Gasteiger partial charge in [-0.2, -0.15) is 0 Å². The summed E-state index contributed by atoms with van der Waals surface area (Å²) >= 11 is 0. The van der Waals surface area contributed by atoms with E-state index in [2.05, 4.69) is 75.2 Å². The molecule has 0 radical (unpaired) electrons. The first-order chi connectivity index (χ1) is 16.7. The van der Waals surface area contributed by atoms with Crippen LogP contribution < -0.4 is 5.59 Å². The maximum atomic E-state index is 8.91. The topological polar surface area (TPSA) is 75.1 Å². The van der Waals surface area contributed by atoms with Crippen molar-refractivity contribution in [3.05, 3.63) is 127 Å². The van der Waals surface area contributed by atoms with Gasteiger partial charge in [0.15, 0.2) is 0 Å². The monoisotopic (exact) mass is 446 g/mol. The van der Waals surface area contributed by atoms with Gasteiger partial charge in [-0.3, -0.25) is 4.40 Å². The third-order valence-corrected chi connectivity index (χ3v) is 5.60. The predicted octanol–water partition coefficient (Wildman–Crippen LogP) is 3.61. The van der Waals surface area contributed by atoms with E-state index in [0.29, 0.717) is 11.2 Å². The largest absolute Gasteiger partial charge is 0.508 e. The fourth-order valence-electron chi connectivity index (χ4n) is 3.96. The second kappa shape index (κ2) is 9.74. The molecule has 7 heteroatoms. The molecule has 0 aliphatic rings.